The van der Waals surface area contributed by atoms with Crippen LogP contribution >= 0.6 is 31.9 Å². The van der Waals surface area contributed by atoms with Crippen LogP contribution in [-0.4, -0.2) is 17.8 Å². The minimum atomic E-state index is -0.516. The minimum absolute atomic E-state index is 0.0745. The van der Waals surface area contributed by atoms with Gasteiger partial charge in [0.05, 0.1) is 10.0 Å². The molecule has 1 aromatic rings. The fourth-order valence-electron chi connectivity index (χ4n) is 1.33. The molecule has 0 heterocycles. The van der Waals surface area contributed by atoms with Crippen LogP contribution in [-0.2, 0) is 0 Å². The van der Waals surface area contributed by atoms with Gasteiger partial charge in [-0.05, 0) is 40.4 Å². The first-order valence-corrected chi connectivity index (χ1v) is 7.26. The zero-order chi connectivity index (χ0) is 12.8. The highest BCUT2D eigenvalue weighted by Gasteiger charge is 2.14. The summed E-state index contributed by atoms with van der Waals surface area (Å²) in [6.07, 6.45) is 0.973. The molecule has 0 spiro atoms. The molecule has 17 heavy (non-hydrogen) atoms. The second-order valence-corrected chi connectivity index (χ2v) is 5.54. The third-order valence-electron chi connectivity index (χ3n) is 2.41. The van der Waals surface area contributed by atoms with Crippen LogP contribution in [0.15, 0.2) is 22.7 Å². The number of hydrogen-bond donors (Lipinski definition) is 1. The lowest BCUT2D eigenvalue weighted by Crippen LogP contribution is -2.29. The molecule has 5 heteroatoms. The van der Waals surface area contributed by atoms with Gasteiger partial charge in [0.2, 0.25) is 0 Å². The Morgan fingerprint density at radius 3 is 2.88 bits per heavy atom. The Bertz CT molecular complexity index is 398. The van der Waals surface area contributed by atoms with E-state index >= 15 is 0 Å². The van der Waals surface area contributed by atoms with Gasteiger partial charge in [-0.25, -0.2) is 4.39 Å². The van der Waals surface area contributed by atoms with Crippen LogP contribution in [0.4, 0.5) is 4.39 Å². The highest BCUT2D eigenvalue weighted by molar-refractivity contribution is 9.10. The molecule has 1 amide bonds. The van der Waals surface area contributed by atoms with E-state index in [2.05, 4.69) is 37.2 Å². The first kappa shape index (κ1) is 14.6. The van der Waals surface area contributed by atoms with Crippen molar-refractivity contribution in [2.45, 2.75) is 13.3 Å². The number of carbonyl (C=O) groups is 1. The zero-order valence-electron chi connectivity index (χ0n) is 9.47. The number of hydrogen-bond acceptors (Lipinski definition) is 1. The fourth-order valence-corrected chi connectivity index (χ4v) is 2.48. The van der Waals surface area contributed by atoms with Crippen molar-refractivity contribution in [3.8, 4) is 0 Å². The average molecular weight is 367 g/mol. The predicted molar refractivity (Wildman–Crippen MR) is 74.0 cm³/mol. The van der Waals surface area contributed by atoms with Gasteiger partial charge in [-0.2, -0.15) is 0 Å². The Hall–Kier alpha value is -0.420. The minimum Gasteiger partial charge on any atom is -0.352 e. The van der Waals surface area contributed by atoms with Crippen molar-refractivity contribution in [2.75, 3.05) is 11.9 Å². The molecule has 1 rings (SSSR count). The molecule has 0 bridgehead atoms. The van der Waals surface area contributed by atoms with E-state index in [0.29, 0.717) is 16.9 Å². The Labute approximate surface area is 117 Å². The van der Waals surface area contributed by atoms with E-state index < -0.39 is 5.82 Å². The van der Waals surface area contributed by atoms with E-state index in [-0.39, 0.29) is 11.5 Å². The van der Waals surface area contributed by atoms with Gasteiger partial charge in [0.1, 0.15) is 5.82 Å². The summed E-state index contributed by atoms with van der Waals surface area (Å²) in [6, 6.07) is 4.69. The molecule has 0 fully saturated rings. The van der Waals surface area contributed by atoms with Crippen LogP contribution < -0.4 is 5.32 Å². The van der Waals surface area contributed by atoms with Gasteiger partial charge in [0, 0.05) is 11.9 Å². The van der Waals surface area contributed by atoms with Crippen molar-refractivity contribution in [3.63, 3.8) is 0 Å². The van der Waals surface area contributed by atoms with Crippen LogP contribution in [0.2, 0.25) is 0 Å². The molecule has 0 saturated carbocycles. The molecule has 0 radical (unpaired) electrons. The molecule has 0 aromatic heterocycles. The Balaban J connectivity index is 2.61. The quantitative estimate of drug-likeness (QED) is 0.790. The van der Waals surface area contributed by atoms with E-state index in [1.165, 1.54) is 6.07 Å². The first-order valence-electron chi connectivity index (χ1n) is 5.34. The smallest absolute Gasteiger partial charge is 0.254 e. The van der Waals surface area contributed by atoms with Gasteiger partial charge in [0.25, 0.3) is 5.91 Å². The second kappa shape index (κ2) is 7.11. The number of alkyl halides is 1. The maximum absolute atomic E-state index is 13.6. The third-order valence-corrected chi connectivity index (χ3v) is 3.48. The maximum atomic E-state index is 13.6. The molecular weight excluding hydrogens is 353 g/mol. The SMILES string of the molecule is CC(CCBr)CNC(=O)c1cccc(Br)c1F. The number of rotatable bonds is 5. The van der Waals surface area contributed by atoms with Gasteiger partial charge >= 0.3 is 0 Å². The molecule has 0 aliphatic heterocycles. The highest BCUT2D eigenvalue weighted by atomic mass is 79.9. The van der Waals surface area contributed by atoms with Crippen LogP contribution in [0.5, 0.6) is 0 Å². The summed E-state index contributed by atoms with van der Waals surface area (Å²) < 4.78 is 13.9. The molecule has 0 aliphatic rings. The molecule has 94 valence electrons. The highest BCUT2D eigenvalue weighted by Crippen LogP contribution is 2.18. The van der Waals surface area contributed by atoms with Gasteiger partial charge in [-0.15, -0.1) is 0 Å². The van der Waals surface area contributed by atoms with Crippen LogP contribution in [0.3, 0.4) is 0 Å². The lowest BCUT2D eigenvalue weighted by Gasteiger charge is -2.11. The lowest BCUT2D eigenvalue weighted by atomic mass is 10.1. The van der Waals surface area contributed by atoms with Crippen LogP contribution in [0.1, 0.15) is 23.7 Å². The number of carbonyl (C=O) groups excluding carboxylic acids is 1. The average Bonchev–Trinajstić information content (AvgIpc) is 2.30. The maximum Gasteiger partial charge on any atom is 0.254 e. The van der Waals surface area contributed by atoms with Crippen molar-refractivity contribution in [3.05, 3.63) is 34.1 Å². The van der Waals surface area contributed by atoms with E-state index in [0.717, 1.165) is 11.8 Å². The largest absolute Gasteiger partial charge is 0.352 e. The molecule has 0 aliphatic carbocycles. The standard InChI is InChI=1S/C12H14Br2FNO/c1-8(5-6-13)7-16-12(17)9-3-2-4-10(14)11(9)15/h2-4,8H,5-7H2,1H3,(H,16,17). The van der Waals surface area contributed by atoms with Crippen molar-refractivity contribution in [1.29, 1.82) is 0 Å². The number of nitrogens with one attached hydrogen (secondary N) is 1. The van der Waals surface area contributed by atoms with E-state index in [9.17, 15) is 9.18 Å². The van der Waals surface area contributed by atoms with Crippen molar-refractivity contribution in [2.24, 2.45) is 5.92 Å². The zero-order valence-corrected chi connectivity index (χ0v) is 12.6. The Kier molecular flexibility index (Phi) is 6.12. The number of benzene rings is 1. The van der Waals surface area contributed by atoms with Crippen LogP contribution in [0, 0.1) is 11.7 Å². The van der Waals surface area contributed by atoms with Crippen molar-refractivity contribution >= 4 is 37.8 Å². The molecule has 0 saturated heterocycles. The van der Waals surface area contributed by atoms with Gasteiger partial charge in [0.15, 0.2) is 0 Å². The Morgan fingerprint density at radius 2 is 2.24 bits per heavy atom. The first-order chi connectivity index (χ1) is 8.06. The topological polar surface area (TPSA) is 29.1 Å². The summed E-state index contributed by atoms with van der Waals surface area (Å²) in [5.41, 5.74) is 0.0745. The second-order valence-electron chi connectivity index (χ2n) is 3.89. The molecule has 1 unspecified atom stereocenters. The van der Waals surface area contributed by atoms with Gasteiger partial charge < -0.3 is 5.32 Å². The normalized spacial score (nSPS) is 12.2. The van der Waals surface area contributed by atoms with E-state index in [1.54, 1.807) is 12.1 Å². The van der Waals surface area contributed by atoms with E-state index in [4.69, 9.17) is 0 Å². The summed E-state index contributed by atoms with van der Waals surface area (Å²) in [6.45, 7) is 2.59. The predicted octanol–water partition coefficient (Wildman–Crippen LogP) is 3.74. The molecule has 1 aromatic carbocycles. The molecule has 1 atom stereocenters. The summed E-state index contributed by atoms with van der Waals surface area (Å²) in [5, 5.41) is 3.63. The number of halogens is 3. The van der Waals surface area contributed by atoms with Gasteiger partial charge in [-0.3, -0.25) is 4.79 Å². The summed E-state index contributed by atoms with van der Waals surface area (Å²) in [5.74, 6) is -0.517. The summed E-state index contributed by atoms with van der Waals surface area (Å²) >= 11 is 6.40. The van der Waals surface area contributed by atoms with Crippen molar-refractivity contribution < 1.29 is 9.18 Å². The fraction of sp³-hybridized carbons (Fsp3) is 0.417. The van der Waals surface area contributed by atoms with Crippen LogP contribution in [0.25, 0.3) is 0 Å². The summed E-state index contributed by atoms with van der Waals surface area (Å²) in [7, 11) is 0. The molecule has 2 nitrogen and oxygen atoms in total. The Morgan fingerprint density at radius 1 is 1.53 bits per heavy atom. The van der Waals surface area contributed by atoms with Gasteiger partial charge in [-0.1, -0.05) is 28.9 Å². The molecular formula is C12H14Br2FNO. The monoisotopic (exact) mass is 365 g/mol. The summed E-state index contributed by atoms with van der Waals surface area (Å²) in [4.78, 5) is 11.7. The lowest BCUT2D eigenvalue weighted by molar-refractivity contribution is 0.0943. The molecule has 1 N–H and O–H groups in total. The third kappa shape index (κ3) is 4.39. The van der Waals surface area contributed by atoms with Crippen molar-refractivity contribution in [1.82, 2.24) is 5.32 Å². The van der Waals surface area contributed by atoms with E-state index in [1.807, 2.05) is 6.92 Å². The number of amides is 1.